The van der Waals surface area contributed by atoms with Crippen LogP contribution >= 0.6 is 7.26 Å². The second kappa shape index (κ2) is 7.71. The van der Waals surface area contributed by atoms with E-state index in [1.165, 1.54) is 0 Å². The number of hydrogen-bond acceptors (Lipinski definition) is 2. The number of amides is 1. The minimum absolute atomic E-state index is 0. The van der Waals surface area contributed by atoms with Gasteiger partial charge in [0, 0.05) is 65.7 Å². The molecule has 0 aromatic heterocycles. The number of carbonyl (C=O) groups is 1. The van der Waals surface area contributed by atoms with Gasteiger partial charge in [-0.15, -0.1) is 0 Å². The van der Waals surface area contributed by atoms with E-state index in [1.54, 1.807) is 7.11 Å². The zero-order chi connectivity index (χ0) is 13.9. The van der Waals surface area contributed by atoms with Gasteiger partial charge in [0.2, 0.25) is 0 Å². The molecule has 1 amide bonds. The van der Waals surface area contributed by atoms with E-state index in [-0.39, 0.29) is 38.6 Å². The number of rotatable bonds is 4. The number of ether oxygens (including phenoxy) is 1. The molecule has 0 aliphatic heterocycles. The Labute approximate surface area is 142 Å². The van der Waals surface area contributed by atoms with Crippen molar-refractivity contribution in [2.45, 2.75) is 13.8 Å². The van der Waals surface area contributed by atoms with Gasteiger partial charge < -0.3 is 10.1 Å². The van der Waals surface area contributed by atoms with Gasteiger partial charge >= 0.3 is 0 Å². The van der Waals surface area contributed by atoms with Gasteiger partial charge in [0.05, 0.1) is 7.11 Å². The standard InChI is InChI=1S/C14H22NO2P.Y/c1-10-7-12(17-3)8-11(2)14(10)15-13(16)9-18(4,5)6;/h7-8H,9H2,1-6H3;/p+1. The molecule has 0 heterocycles. The van der Waals surface area contributed by atoms with Crippen molar-refractivity contribution in [3.63, 3.8) is 0 Å². The minimum Gasteiger partial charge on any atom is -0.497 e. The van der Waals surface area contributed by atoms with Gasteiger partial charge in [-0.25, -0.2) is 0 Å². The summed E-state index contributed by atoms with van der Waals surface area (Å²) in [5.41, 5.74) is 2.98. The van der Waals surface area contributed by atoms with Gasteiger partial charge in [-0.3, -0.25) is 4.79 Å². The molecule has 0 aliphatic rings. The number of carbonyl (C=O) groups excluding carboxylic acids is 1. The van der Waals surface area contributed by atoms with Crippen LogP contribution in [0.5, 0.6) is 5.75 Å². The summed E-state index contributed by atoms with van der Waals surface area (Å²) >= 11 is 0. The van der Waals surface area contributed by atoms with E-state index in [2.05, 4.69) is 25.3 Å². The predicted octanol–water partition coefficient (Wildman–Crippen LogP) is 3.16. The van der Waals surface area contributed by atoms with Crippen molar-refractivity contribution in [1.29, 1.82) is 0 Å². The molecule has 1 radical (unpaired) electrons. The molecule has 103 valence electrons. The van der Waals surface area contributed by atoms with Gasteiger partial charge in [0.15, 0.2) is 0 Å². The molecule has 1 N–H and O–H groups in total. The van der Waals surface area contributed by atoms with Gasteiger partial charge in [0.1, 0.15) is 11.9 Å². The van der Waals surface area contributed by atoms with E-state index >= 15 is 0 Å². The SMILES string of the molecule is COc1cc(C)c(NC(=O)C[P+](C)(C)C)c(C)c1.[Y]. The average Bonchev–Trinajstić information content (AvgIpc) is 2.20. The Bertz CT molecular complexity index is 432. The van der Waals surface area contributed by atoms with Crippen molar-refractivity contribution in [2.24, 2.45) is 0 Å². The van der Waals surface area contributed by atoms with Crippen LogP contribution in [0.2, 0.25) is 0 Å². The molecule has 1 aromatic carbocycles. The maximum absolute atomic E-state index is 12.0. The van der Waals surface area contributed by atoms with Crippen LogP contribution in [0.4, 0.5) is 5.69 Å². The number of methoxy groups -OCH3 is 1. The van der Waals surface area contributed by atoms with Crippen LogP contribution in [0.25, 0.3) is 0 Å². The number of aryl methyl sites for hydroxylation is 2. The normalized spacial score (nSPS) is 10.6. The molecule has 0 saturated heterocycles. The van der Waals surface area contributed by atoms with E-state index in [9.17, 15) is 4.79 Å². The summed E-state index contributed by atoms with van der Waals surface area (Å²) in [4.78, 5) is 12.0. The molecular formula is C14H23NO2PY+. The Balaban J connectivity index is 0.00000324. The fourth-order valence-corrected chi connectivity index (χ4v) is 2.79. The van der Waals surface area contributed by atoms with Crippen molar-refractivity contribution in [2.75, 3.05) is 38.6 Å². The first-order chi connectivity index (χ1) is 8.23. The largest absolute Gasteiger partial charge is 0.497 e. The summed E-state index contributed by atoms with van der Waals surface area (Å²) in [6, 6.07) is 3.88. The van der Waals surface area contributed by atoms with E-state index < -0.39 is 7.26 Å². The molecule has 0 aliphatic carbocycles. The Morgan fingerprint density at radius 3 is 2.05 bits per heavy atom. The maximum atomic E-state index is 12.0. The fourth-order valence-electron chi connectivity index (χ4n) is 1.85. The van der Waals surface area contributed by atoms with Crippen LogP contribution < -0.4 is 10.1 Å². The monoisotopic (exact) mass is 357 g/mol. The van der Waals surface area contributed by atoms with E-state index in [0.29, 0.717) is 6.16 Å². The van der Waals surface area contributed by atoms with Crippen LogP contribution in [0, 0.1) is 13.8 Å². The second-order valence-electron chi connectivity index (χ2n) is 5.63. The molecule has 1 aromatic rings. The van der Waals surface area contributed by atoms with Crippen molar-refractivity contribution in [3.8, 4) is 5.75 Å². The molecule has 5 heteroatoms. The Morgan fingerprint density at radius 2 is 1.68 bits per heavy atom. The van der Waals surface area contributed by atoms with Crippen LogP contribution in [-0.2, 0) is 37.5 Å². The van der Waals surface area contributed by atoms with E-state index in [1.807, 2.05) is 26.0 Å². The zero-order valence-corrected chi connectivity index (χ0v) is 16.4. The quantitative estimate of drug-likeness (QED) is 0.841. The Morgan fingerprint density at radius 1 is 1.21 bits per heavy atom. The van der Waals surface area contributed by atoms with Crippen molar-refractivity contribution in [1.82, 2.24) is 0 Å². The third-order valence-electron chi connectivity index (χ3n) is 2.62. The average molecular weight is 357 g/mol. The summed E-state index contributed by atoms with van der Waals surface area (Å²) in [5.74, 6) is 0.929. The van der Waals surface area contributed by atoms with Gasteiger partial charge in [-0.1, -0.05) is 0 Å². The third kappa shape index (κ3) is 6.34. The molecule has 0 fully saturated rings. The Hall–Kier alpha value is 0.0239. The molecular weight excluding hydrogens is 334 g/mol. The van der Waals surface area contributed by atoms with Crippen LogP contribution in [0.3, 0.4) is 0 Å². The molecule has 0 unspecified atom stereocenters. The molecule has 3 nitrogen and oxygen atoms in total. The summed E-state index contributed by atoms with van der Waals surface area (Å²) < 4.78 is 5.21. The smallest absolute Gasteiger partial charge is 0.261 e. The van der Waals surface area contributed by atoms with Crippen molar-refractivity contribution < 1.29 is 42.2 Å². The number of anilines is 1. The summed E-state index contributed by atoms with van der Waals surface area (Å²) in [6.45, 7) is 10.5. The molecule has 0 bridgehead atoms. The molecule has 0 atom stereocenters. The topological polar surface area (TPSA) is 38.3 Å². The van der Waals surface area contributed by atoms with Crippen molar-refractivity contribution >= 4 is 18.9 Å². The molecule has 0 spiro atoms. The number of nitrogens with one attached hydrogen (secondary N) is 1. The van der Waals surface area contributed by atoms with Gasteiger partial charge in [0.25, 0.3) is 5.91 Å². The first-order valence-corrected chi connectivity index (χ1v) is 9.30. The molecule has 1 rings (SSSR count). The van der Waals surface area contributed by atoms with E-state index in [0.717, 1.165) is 22.6 Å². The molecule has 0 saturated carbocycles. The minimum atomic E-state index is -1.09. The number of hydrogen-bond donors (Lipinski definition) is 1. The van der Waals surface area contributed by atoms with Gasteiger partial charge in [-0.05, 0) is 37.1 Å². The third-order valence-corrected chi connectivity index (χ3v) is 3.86. The molecule has 19 heavy (non-hydrogen) atoms. The van der Waals surface area contributed by atoms with Crippen LogP contribution in [0.1, 0.15) is 11.1 Å². The zero-order valence-electron chi connectivity index (χ0n) is 12.7. The van der Waals surface area contributed by atoms with Gasteiger partial charge in [-0.2, -0.15) is 0 Å². The summed E-state index contributed by atoms with van der Waals surface area (Å²) in [5, 5.41) is 3.02. The van der Waals surface area contributed by atoms with E-state index in [4.69, 9.17) is 4.74 Å². The summed E-state index contributed by atoms with van der Waals surface area (Å²) in [6.07, 6.45) is 0.623. The van der Waals surface area contributed by atoms with Crippen LogP contribution in [-0.4, -0.2) is 39.2 Å². The fraction of sp³-hybridized carbons (Fsp3) is 0.500. The second-order valence-corrected chi connectivity index (χ2v) is 10.5. The first-order valence-electron chi connectivity index (χ1n) is 5.98. The van der Waals surface area contributed by atoms with Crippen LogP contribution in [0.15, 0.2) is 12.1 Å². The maximum Gasteiger partial charge on any atom is 0.261 e. The summed E-state index contributed by atoms with van der Waals surface area (Å²) in [7, 11) is 0.558. The Kier molecular flexibility index (Phi) is 7.72. The number of benzene rings is 1. The first kappa shape index (κ1) is 19.0. The van der Waals surface area contributed by atoms with Crippen molar-refractivity contribution in [3.05, 3.63) is 23.3 Å². The predicted molar refractivity (Wildman–Crippen MR) is 80.7 cm³/mol.